The van der Waals surface area contributed by atoms with Gasteiger partial charge in [-0.05, 0) is 37.3 Å². The molecule has 0 aliphatic carbocycles. The quantitative estimate of drug-likeness (QED) is 0.543. The van der Waals surface area contributed by atoms with Gasteiger partial charge in [-0.3, -0.25) is 5.43 Å². The van der Waals surface area contributed by atoms with Crippen molar-refractivity contribution in [3.63, 3.8) is 0 Å². The number of carbonyl (C=O) groups is 1. The number of fused-ring (bicyclic) bond motifs is 1. The van der Waals surface area contributed by atoms with Gasteiger partial charge in [-0.25, -0.2) is 9.78 Å². The Bertz CT molecular complexity index is 1150. The lowest BCUT2D eigenvalue weighted by Crippen LogP contribution is -2.01. The summed E-state index contributed by atoms with van der Waals surface area (Å²) in [4.78, 5) is 16.3. The molecule has 7 heteroatoms. The van der Waals surface area contributed by atoms with Gasteiger partial charge in [-0.15, -0.1) is 0 Å². The van der Waals surface area contributed by atoms with Gasteiger partial charge < -0.3 is 5.11 Å². The fraction of sp³-hybridized carbons (Fsp3) is 0.0500. The Hall–Kier alpha value is -4.23. The topological polar surface area (TPSA) is 122 Å². The van der Waals surface area contributed by atoms with Gasteiger partial charge in [0.05, 0.1) is 22.5 Å². The first-order valence-corrected chi connectivity index (χ1v) is 7.91. The average molecular weight is 355 g/mol. The number of rotatable bonds is 4. The Labute approximate surface area is 154 Å². The fourth-order valence-corrected chi connectivity index (χ4v) is 2.61. The molecule has 27 heavy (non-hydrogen) atoms. The van der Waals surface area contributed by atoms with E-state index in [0.29, 0.717) is 27.8 Å². The van der Waals surface area contributed by atoms with E-state index in [4.69, 9.17) is 10.5 Å². The molecule has 0 aliphatic heterocycles. The average Bonchev–Trinajstić information content (AvgIpc) is 2.68. The molecule has 0 saturated carbocycles. The summed E-state index contributed by atoms with van der Waals surface area (Å²) in [5, 5.41) is 31.3. The number of hydrogen-bond acceptors (Lipinski definition) is 6. The Morgan fingerprint density at radius 1 is 1.15 bits per heavy atom. The predicted molar refractivity (Wildman–Crippen MR) is 101 cm³/mol. The third kappa shape index (κ3) is 3.73. The number of aromatic carboxylic acids is 1. The van der Waals surface area contributed by atoms with Gasteiger partial charge in [0, 0.05) is 10.9 Å². The Kier molecular flexibility index (Phi) is 4.78. The van der Waals surface area contributed by atoms with E-state index in [-0.39, 0.29) is 11.3 Å². The minimum absolute atomic E-state index is 0.173. The normalized spacial score (nSPS) is 9.89. The lowest BCUT2D eigenvalue weighted by molar-refractivity contribution is 0.0699. The van der Waals surface area contributed by atoms with Crippen LogP contribution in [0.1, 0.15) is 15.9 Å². The first-order valence-electron chi connectivity index (χ1n) is 7.91. The Balaban J connectivity index is 2.08. The highest BCUT2D eigenvalue weighted by Crippen LogP contribution is 2.27. The molecular weight excluding hydrogens is 342 g/mol. The van der Waals surface area contributed by atoms with Crippen molar-refractivity contribution < 1.29 is 9.90 Å². The molecule has 2 N–H and O–H groups in total. The summed E-state index contributed by atoms with van der Waals surface area (Å²) in [6.07, 6.45) is 0. The molecule has 1 heterocycles. The SMILES string of the molecule is Cc1ccc2nc(-c3cccc(NN=C(C#N)C#N)c3)cc(C(=O)O)c2c1. The summed E-state index contributed by atoms with van der Waals surface area (Å²) in [6.45, 7) is 1.89. The minimum Gasteiger partial charge on any atom is -0.478 e. The Morgan fingerprint density at radius 3 is 2.63 bits per heavy atom. The summed E-state index contributed by atoms with van der Waals surface area (Å²) in [7, 11) is 0. The van der Waals surface area contributed by atoms with Crippen molar-refractivity contribution in [2.75, 3.05) is 5.43 Å². The smallest absolute Gasteiger partial charge is 0.336 e. The standard InChI is InChI=1S/C20H13N5O2/c1-12-5-6-18-16(7-12)17(20(26)27)9-19(23-18)13-3-2-4-14(8-13)24-25-15(10-21)11-22/h2-9,24H,1H3,(H,26,27). The summed E-state index contributed by atoms with van der Waals surface area (Å²) in [6, 6.07) is 17.3. The number of nitriles is 2. The molecule has 0 aliphatic rings. The molecule has 7 nitrogen and oxygen atoms in total. The number of carboxylic acid groups (broad SMARTS) is 1. The van der Waals surface area contributed by atoms with Crippen LogP contribution >= 0.6 is 0 Å². The molecule has 0 bridgehead atoms. The lowest BCUT2D eigenvalue weighted by atomic mass is 10.0. The third-order valence-electron chi connectivity index (χ3n) is 3.86. The van der Waals surface area contributed by atoms with Crippen LogP contribution in [0.4, 0.5) is 5.69 Å². The molecule has 0 fully saturated rings. The zero-order valence-electron chi connectivity index (χ0n) is 14.3. The highest BCUT2D eigenvalue weighted by atomic mass is 16.4. The van der Waals surface area contributed by atoms with Crippen LogP contribution in [0.25, 0.3) is 22.2 Å². The van der Waals surface area contributed by atoms with Gasteiger partial charge in [0.2, 0.25) is 5.71 Å². The number of aromatic nitrogens is 1. The minimum atomic E-state index is -1.03. The molecule has 0 unspecified atom stereocenters. The van der Waals surface area contributed by atoms with Crippen LogP contribution in [-0.4, -0.2) is 21.8 Å². The van der Waals surface area contributed by atoms with Crippen LogP contribution in [0.5, 0.6) is 0 Å². The van der Waals surface area contributed by atoms with Crippen molar-refractivity contribution in [2.24, 2.45) is 5.10 Å². The van der Waals surface area contributed by atoms with Crippen LogP contribution in [0.15, 0.2) is 53.6 Å². The molecular formula is C20H13N5O2. The number of hydrazone groups is 1. The molecule has 0 radical (unpaired) electrons. The maximum absolute atomic E-state index is 11.7. The van der Waals surface area contributed by atoms with Crippen molar-refractivity contribution >= 4 is 28.3 Å². The predicted octanol–water partition coefficient (Wildman–Crippen LogP) is 3.72. The number of benzene rings is 2. The second-order valence-electron chi connectivity index (χ2n) is 5.76. The molecule has 3 rings (SSSR count). The van der Waals surface area contributed by atoms with E-state index in [0.717, 1.165) is 5.56 Å². The number of pyridine rings is 1. The van der Waals surface area contributed by atoms with E-state index in [2.05, 4.69) is 15.5 Å². The van der Waals surface area contributed by atoms with Crippen LogP contribution < -0.4 is 5.43 Å². The molecule has 1 aromatic heterocycles. The maximum Gasteiger partial charge on any atom is 0.336 e. The first kappa shape index (κ1) is 17.6. The van der Waals surface area contributed by atoms with Crippen LogP contribution in [0, 0.1) is 29.6 Å². The maximum atomic E-state index is 11.7. The van der Waals surface area contributed by atoms with E-state index in [9.17, 15) is 9.90 Å². The zero-order chi connectivity index (χ0) is 19.4. The first-order chi connectivity index (χ1) is 13.0. The van der Waals surface area contributed by atoms with E-state index >= 15 is 0 Å². The number of nitrogens with one attached hydrogen (secondary N) is 1. The van der Waals surface area contributed by atoms with Gasteiger partial charge in [0.15, 0.2) is 0 Å². The zero-order valence-corrected chi connectivity index (χ0v) is 14.3. The summed E-state index contributed by atoms with van der Waals surface area (Å²) in [5.41, 5.74) is 5.77. The van der Waals surface area contributed by atoms with Crippen molar-refractivity contribution in [3.8, 4) is 23.4 Å². The Morgan fingerprint density at radius 2 is 1.93 bits per heavy atom. The van der Waals surface area contributed by atoms with Crippen molar-refractivity contribution in [2.45, 2.75) is 6.92 Å². The summed E-state index contributed by atoms with van der Waals surface area (Å²) in [5.74, 6) is -1.03. The molecule has 0 atom stereocenters. The largest absolute Gasteiger partial charge is 0.478 e. The second kappa shape index (κ2) is 7.34. The van der Waals surface area contributed by atoms with Crippen molar-refractivity contribution in [1.82, 2.24) is 4.98 Å². The van der Waals surface area contributed by atoms with Gasteiger partial charge in [0.25, 0.3) is 0 Å². The number of hydrogen-bond donors (Lipinski definition) is 2. The van der Waals surface area contributed by atoms with E-state index in [1.165, 1.54) is 6.07 Å². The molecule has 2 aromatic carbocycles. The number of aryl methyl sites for hydroxylation is 1. The summed E-state index contributed by atoms with van der Waals surface area (Å²) >= 11 is 0. The number of carboxylic acids is 1. The fourth-order valence-electron chi connectivity index (χ4n) is 2.61. The lowest BCUT2D eigenvalue weighted by Gasteiger charge is -2.09. The number of anilines is 1. The van der Waals surface area contributed by atoms with E-state index in [1.807, 2.05) is 13.0 Å². The van der Waals surface area contributed by atoms with Crippen LogP contribution in [0.2, 0.25) is 0 Å². The molecule has 130 valence electrons. The van der Waals surface area contributed by atoms with E-state index in [1.54, 1.807) is 48.5 Å². The third-order valence-corrected chi connectivity index (χ3v) is 3.86. The molecule has 0 spiro atoms. The van der Waals surface area contributed by atoms with Gasteiger partial charge in [0.1, 0.15) is 12.1 Å². The van der Waals surface area contributed by atoms with Gasteiger partial charge in [-0.2, -0.15) is 15.6 Å². The molecule has 3 aromatic rings. The van der Waals surface area contributed by atoms with Crippen molar-refractivity contribution in [1.29, 1.82) is 10.5 Å². The highest BCUT2D eigenvalue weighted by Gasteiger charge is 2.13. The molecule has 0 amide bonds. The van der Waals surface area contributed by atoms with Crippen LogP contribution in [-0.2, 0) is 0 Å². The van der Waals surface area contributed by atoms with Gasteiger partial charge >= 0.3 is 5.97 Å². The van der Waals surface area contributed by atoms with E-state index < -0.39 is 5.97 Å². The van der Waals surface area contributed by atoms with Crippen LogP contribution in [0.3, 0.4) is 0 Å². The van der Waals surface area contributed by atoms with Gasteiger partial charge in [-0.1, -0.05) is 23.8 Å². The number of nitrogens with zero attached hydrogens (tertiary/aromatic N) is 4. The molecule has 0 saturated heterocycles. The second-order valence-corrected chi connectivity index (χ2v) is 5.76. The monoisotopic (exact) mass is 355 g/mol. The summed E-state index contributed by atoms with van der Waals surface area (Å²) < 4.78 is 0. The highest BCUT2D eigenvalue weighted by molar-refractivity contribution is 6.10. The van der Waals surface area contributed by atoms with Crippen molar-refractivity contribution in [3.05, 3.63) is 59.7 Å².